The highest BCUT2D eigenvalue weighted by Gasteiger charge is 2.10. The van der Waals surface area contributed by atoms with E-state index in [0.717, 1.165) is 15.6 Å². The average Bonchev–Trinajstić information content (AvgIpc) is 2.30. The summed E-state index contributed by atoms with van der Waals surface area (Å²) < 4.78 is 5.53. The van der Waals surface area contributed by atoms with Crippen LogP contribution >= 0.6 is 15.9 Å². The summed E-state index contributed by atoms with van der Waals surface area (Å²) in [6.07, 6.45) is 5.61. The maximum absolute atomic E-state index is 11.4. The predicted octanol–water partition coefficient (Wildman–Crippen LogP) is 3.91. The van der Waals surface area contributed by atoms with Crippen molar-refractivity contribution in [2.45, 2.75) is 6.92 Å². The molecule has 0 saturated heterocycles. The van der Waals surface area contributed by atoms with Gasteiger partial charge in [0.15, 0.2) is 0 Å². The average molecular weight is 281 g/mol. The van der Waals surface area contributed by atoms with Gasteiger partial charge in [-0.2, -0.15) is 0 Å². The Bertz CT molecular complexity index is 447. The summed E-state index contributed by atoms with van der Waals surface area (Å²) >= 11 is 3.43. The number of halogens is 1. The molecule has 0 saturated carbocycles. The number of rotatable bonds is 3. The summed E-state index contributed by atoms with van der Waals surface area (Å²) in [7, 11) is 1.36. The number of carbonyl (C=O) groups excluding carboxylic acids is 1. The van der Waals surface area contributed by atoms with E-state index in [0.29, 0.717) is 5.56 Å². The Hall–Kier alpha value is -1.35. The number of carbonyl (C=O) groups is 1. The molecule has 0 fully saturated rings. The van der Waals surface area contributed by atoms with E-state index in [2.05, 4.69) is 27.2 Å². The summed E-state index contributed by atoms with van der Waals surface area (Å²) in [5, 5.41) is 0. The number of esters is 1. The first-order valence-corrected chi connectivity index (χ1v) is 5.60. The minimum atomic E-state index is -0.351. The van der Waals surface area contributed by atoms with Crippen LogP contribution in [0.15, 0.2) is 29.3 Å². The molecule has 0 heterocycles. The third-order valence-corrected chi connectivity index (χ3v) is 2.79. The molecule has 16 heavy (non-hydrogen) atoms. The van der Waals surface area contributed by atoms with Gasteiger partial charge in [-0.15, -0.1) is 0 Å². The maximum Gasteiger partial charge on any atom is 0.337 e. The molecule has 0 unspecified atom stereocenters. The molecule has 0 aliphatic rings. The van der Waals surface area contributed by atoms with Gasteiger partial charge in [0, 0.05) is 4.47 Å². The van der Waals surface area contributed by atoms with Crippen molar-refractivity contribution >= 4 is 34.1 Å². The van der Waals surface area contributed by atoms with Gasteiger partial charge in [0.25, 0.3) is 0 Å². The second-order valence-corrected chi connectivity index (χ2v) is 4.01. The van der Waals surface area contributed by atoms with Crippen LogP contribution in [0.5, 0.6) is 0 Å². The monoisotopic (exact) mass is 280 g/mol. The standard InChI is InChI=1S/C13H13BrO2/c1-4-6-11-9(5-2)7-10(8-12(11)14)13(15)16-3/h4-8H,2H2,1,3H3/b6-4-. The lowest BCUT2D eigenvalue weighted by Crippen LogP contribution is -2.02. The van der Waals surface area contributed by atoms with E-state index < -0.39 is 0 Å². The third kappa shape index (κ3) is 2.61. The van der Waals surface area contributed by atoms with Crippen LogP contribution in [0, 0.1) is 0 Å². The molecule has 1 aromatic rings. The molecule has 0 aliphatic carbocycles. The quantitative estimate of drug-likeness (QED) is 0.785. The van der Waals surface area contributed by atoms with Gasteiger partial charge in [0.1, 0.15) is 0 Å². The molecule has 0 radical (unpaired) electrons. The second-order valence-electron chi connectivity index (χ2n) is 3.16. The smallest absolute Gasteiger partial charge is 0.337 e. The molecule has 3 heteroatoms. The lowest BCUT2D eigenvalue weighted by atomic mass is 10.0. The van der Waals surface area contributed by atoms with E-state index in [1.165, 1.54) is 7.11 Å². The molecule has 0 N–H and O–H groups in total. The summed E-state index contributed by atoms with van der Waals surface area (Å²) in [4.78, 5) is 11.4. The zero-order valence-corrected chi connectivity index (χ0v) is 10.9. The van der Waals surface area contributed by atoms with E-state index in [1.807, 2.05) is 19.1 Å². The van der Waals surface area contributed by atoms with Crippen molar-refractivity contribution in [3.8, 4) is 0 Å². The van der Waals surface area contributed by atoms with Crippen molar-refractivity contribution < 1.29 is 9.53 Å². The molecule has 1 rings (SSSR count). The molecule has 1 aromatic carbocycles. The Morgan fingerprint density at radius 1 is 1.50 bits per heavy atom. The lowest BCUT2D eigenvalue weighted by Gasteiger charge is -2.07. The normalized spacial score (nSPS) is 10.4. The molecule has 0 amide bonds. The van der Waals surface area contributed by atoms with Gasteiger partial charge in [-0.3, -0.25) is 0 Å². The van der Waals surface area contributed by atoms with Crippen LogP contribution in [0.2, 0.25) is 0 Å². The van der Waals surface area contributed by atoms with Gasteiger partial charge < -0.3 is 4.74 Å². The first kappa shape index (κ1) is 12.7. The number of ether oxygens (including phenoxy) is 1. The van der Waals surface area contributed by atoms with E-state index in [1.54, 1.807) is 18.2 Å². The summed E-state index contributed by atoms with van der Waals surface area (Å²) in [5.41, 5.74) is 2.41. The molecule has 0 atom stereocenters. The van der Waals surface area contributed by atoms with E-state index in [4.69, 9.17) is 0 Å². The third-order valence-electron chi connectivity index (χ3n) is 2.14. The van der Waals surface area contributed by atoms with Crippen LogP contribution in [0.3, 0.4) is 0 Å². The maximum atomic E-state index is 11.4. The van der Waals surface area contributed by atoms with Crippen LogP contribution < -0.4 is 0 Å². The highest BCUT2D eigenvalue weighted by Crippen LogP contribution is 2.25. The van der Waals surface area contributed by atoms with Crippen molar-refractivity contribution in [1.29, 1.82) is 0 Å². The van der Waals surface area contributed by atoms with Crippen LogP contribution in [0.1, 0.15) is 28.4 Å². The Morgan fingerprint density at radius 3 is 2.69 bits per heavy atom. The molecular weight excluding hydrogens is 268 g/mol. The number of allylic oxidation sites excluding steroid dienone is 1. The van der Waals surface area contributed by atoms with Gasteiger partial charge in [-0.25, -0.2) is 4.79 Å². The SMILES string of the molecule is C=Cc1cc(C(=O)OC)cc(Br)c1/C=C\C. The summed E-state index contributed by atoms with van der Waals surface area (Å²) in [6.45, 7) is 5.67. The topological polar surface area (TPSA) is 26.3 Å². The van der Waals surface area contributed by atoms with Crippen LogP contribution in [0.4, 0.5) is 0 Å². The highest BCUT2D eigenvalue weighted by molar-refractivity contribution is 9.10. The van der Waals surface area contributed by atoms with Crippen molar-refractivity contribution in [2.75, 3.05) is 7.11 Å². The minimum Gasteiger partial charge on any atom is -0.465 e. The van der Waals surface area contributed by atoms with Gasteiger partial charge in [-0.1, -0.05) is 40.7 Å². The Balaban J connectivity index is 3.37. The van der Waals surface area contributed by atoms with Crippen molar-refractivity contribution in [3.63, 3.8) is 0 Å². The number of benzene rings is 1. The van der Waals surface area contributed by atoms with E-state index in [9.17, 15) is 4.79 Å². The first-order chi connectivity index (χ1) is 7.63. The fourth-order valence-corrected chi connectivity index (χ4v) is 1.99. The fourth-order valence-electron chi connectivity index (χ4n) is 1.39. The van der Waals surface area contributed by atoms with Gasteiger partial charge in [0.05, 0.1) is 12.7 Å². The predicted molar refractivity (Wildman–Crippen MR) is 70.3 cm³/mol. The van der Waals surface area contributed by atoms with Crippen LogP contribution in [-0.4, -0.2) is 13.1 Å². The summed E-state index contributed by atoms with van der Waals surface area (Å²) in [6, 6.07) is 3.51. The minimum absolute atomic E-state index is 0.351. The fraction of sp³-hybridized carbons (Fsp3) is 0.154. The molecule has 0 aliphatic heterocycles. The van der Waals surface area contributed by atoms with E-state index in [-0.39, 0.29) is 5.97 Å². The number of methoxy groups -OCH3 is 1. The number of hydrogen-bond donors (Lipinski definition) is 0. The van der Waals surface area contributed by atoms with Crippen molar-refractivity contribution in [1.82, 2.24) is 0 Å². The van der Waals surface area contributed by atoms with Gasteiger partial charge in [0.2, 0.25) is 0 Å². The van der Waals surface area contributed by atoms with Crippen LogP contribution in [-0.2, 0) is 4.74 Å². The number of hydrogen-bond acceptors (Lipinski definition) is 2. The highest BCUT2D eigenvalue weighted by atomic mass is 79.9. The van der Waals surface area contributed by atoms with E-state index >= 15 is 0 Å². The van der Waals surface area contributed by atoms with Crippen molar-refractivity contribution in [3.05, 3.63) is 46.0 Å². The first-order valence-electron chi connectivity index (χ1n) is 4.81. The Morgan fingerprint density at radius 2 is 2.19 bits per heavy atom. The zero-order chi connectivity index (χ0) is 12.1. The summed E-state index contributed by atoms with van der Waals surface area (Å²) in [5.74, 6) is -0.351. The van der Waals surface area contributed by atoms with Crippen LogP contribution in [0.25, 0.3) is 12.2 Å². The molecular formula is C13H13BrO2. The van der Waals surface area contributed by atoms with Crippen molar-refractivity contribution in [2.24, 2.45) is 0 Å². The zero-order valence-electron chi connectivity index (χ0n) is 9.29. The molecule has 2 nitrogen and oxygen atoms in total. The Labute approximate surface area is 104 Å². The second kappa shape index (κ2) is 5.66. The molecule has 0 bridgehead atoms. The molecule has 0 aromatic heterocycles. The lowest BCUT2D eigenvalue weighted by molar-refractivity contribution is 0.0600. The van der Waals surface area contributed by atoms with Gasteiger partial charge in [-0.05, 0) is 30.2 Å². The Kier molecular flexibility index (Phi) is 4.50. The largest absolute Gasteiger partial charge is 0.465 e. The van der Waals surface area contributed by atoms with Gasteiger partial charge >= 0.3 is 5.97 Å². The molecule has 84 valence electrons. The molecule has 0 spiro atoms.